The standard InChI is InChI=1S/C23H33NO5S/c25-17(15-30-18-8-4-3-5-9-18)12-16-14-23(16)19(20(26)13-21(23)24-29)10-6-1-2-7-11-22(27)28/h3-5,8-9,16-17,19-20,25-26,29H,1-2,6-7,10-15H2,(H,27,28)/b24-21-/t16-,17?,19-,20-,23?/m0/s1. The number of benzene rings is 1. The first-order valence-electron chi connectivity index (χ1n) is 10.9. The van der Waals surface area contributed by atoms with Crippen LogP contribution in [0.25, 0.3) is 0 Å². The van der Waals surface area contributed by atoms with E-state index in [0.717, 1.165) is 37.0 Å². The fourth-order valence-corrected chi connectivity index (χ4v) is 6.09. The van der Waals surface area contributed by atoms with Crippen LogP contribution in [0.3, 0.4) is 0 Å². The summed E-state index contributed by atoms with van der Waals surface area (Å²) in [7, 11) is 0. The minimum absolute atomic E-state index is 0.0573. The fraction of sp³-hybridized carbons (Fsp3) is 0.652. The van der Waals surface area contributed by atoms with Gasteiger partial charge >= 0.3 is 5.97 Å². The van der Waals surface area contributed by atoms with Gasteiger partial charge in [-0.1, -0.05) is 42.6 Å². The number of hydrogen-bond donors (Lipinski definition) is 4. The summed E-state index contributed by atoms with van der Waals surface area (Å²) in [4.78, 5) is 11.7. The van der Waals surface area contributed by atoms with Gasteiger partial charge in [0.1, 0.15) is 0 Å². The average Bonchev–Trinajstić information content (AvgIpc) is 3.36. The van der Waals surface area contributed by atoms with E-state index in [0.29, 0.717) is 30.7 Å². The Morgan fingerprint density at radius 1 is 1.20 bits per heavy atom. The van der Waals surface area contributed by atoms with Gasteiger partial charge in [-0.15, -0.1) is 11.8 Å². The second-order valence-corrected chi connectivity index (χ2v) is 9.82. The Morgan fingerprint density at radius 2 is 1.93 bits per heavy atom. The number of rotatable bonds is 12. The number of unbranched alkanes of at least 4 members (excludes halogenated alkanes) is 3. The van der Waals surface area contributed by atoms with Gasteiger partial charge in [0, 0.05) is 28.9 Å². The van der Waals surface area contributed by atoms with Crippen LogP contribution in [-0.4, -0.2) is 50.2 Å². The van der Waals surface area contributed by atoms with E-state index in [1.54, 1.807) is 11.8 Å². The summed E-state index contributed by atoms with van der Waals surface area (Å²) >= 11 is 1.64. The summed E-state index contributed by atoms with van der Waals surface area (Å²) in [6.07, 6.45) is 5.47. The zero-order valence-electron chi connectivity index (χ0n) is 17.3. The smallest absolute Gasteiger partial charge is 0.303 e. The van der Waals surface area contributed by atoms with E-state index < -0.39 is 18.2 Å². The van der Waals surface area contributed by atoms with Crippen molar-refractivity contribution in [2.45, 2.75) is 74.9 Å². The summed E-state index contributed by atoms with van der Waals surface area (Å²) in [6, 6.07) is 10.0. The summed E-state index contributed by atoms with van der Waals surface area (Å²) in [5, 5.41) is 43.0. The molecule has 6 nitrogen and oxygen atoms in total. The number of hydrogen-bond acceptors (Lipinski definition) is 6. The summed E-state index contributed by atoms with van der Waals surface area (Å²) in [5.41, 5.74) is 0.423. The zero-order valence-corrected chi connectivity index (χ0v) is 18.1. The van der Waals surface area contributed by atoms with E-state index in [1.807, 2.05) is 30.3 Å². The molecule has 0 heterocycles. The molecule has 4 N–H and O–H groups in total. The maximum Gasteiger partial charge on any atom is 0.303 e. The largest absolute Gasteiger partial charge is 0.481 e. The van der Waals surface area contributed by atoms with E-state index in [1.165, 1.54) is 0 Å². The Hall–Kier alpha value is -1.57. The molecule has 30 heavy (non-hydrogen) atoms. The Kier molecular flexibility index (Phi) is 8.20. The van der Waals surface area contributed by atoms with Gasteiger partial charge in [0.15, 0.2) is 0 Å². The topological polar surface area (TPSA) is 110 Å². The average molecular weight is 436 g/mol. The number of oxime groups is 1. The summed E-state index contributed by atoms with van der Waals surface area (Å²) < 4.78 is 0. The van der Waals surface area contributed by atoms with Crippen molar-refractivity contribution in [3.05, 3.63) is 30.3 Å². The van der Waals surface area contributed by atoms with Gasteiger partial charge in [0.25, 0.3) is 0 Å². The SMILES string of the molecule is O=C(O)CCCCCC[C@H]1[C@@H](O)C/C(=N/O)C12C[C@@H]2CC(O)CSc1ccccc1. The van der Waals surface area contributed by atoms with Gasteiger partial charge in [-0.3, -0.25) is 4.79 Å². The summed E-state index contributed by atoms with van der Waals surface area (Å²) in [6.45, 7) is 0. The van der Waals surface area contributed by atoms with Crippen LogP contribution in [0.2, 0.25) is 0 Å². The lowest BCUT2D eigenvalue weighted by molar-refractivity contribution is -0.137. The highest BCUT2D eigenvalue weighted by Gasteiger charge is 2.67. The molecular formula is C23H33NO5S. The van der Waals surface area contributed by atoms with E-state index in [9.17, 15) is 20.2 Å². The number of carbonyl (C=O) groups is 1. The van der Waals surface area contributed by atoms with Gasteiger partial charge in [-0.25, -0.2) is 0 Å². The van der Waals surface area contributed by atoms with Gasteiger partial charge in [-0.2, -0.15) is 0 Å². The second kappa shape index (κ2) is 10.6. The number of carboxylic acid groups (broad SMARTS) is 1. The quantitative estimate of drug-likeness (QED) is 0.170. The number of nitrogens with zero attached hydrogens (tertiary/aromatic N) is 1. The van der Waals surface area contributed by atoms with E-state index >= 15 is 0 Å². The molecule has 166 valence electrons. The number of thioether (sulfide) groups is 1. The molecule has 5 atom stereocenters. The third-order valence-electron chi connectivity index (χ3n) is 6.74. The van der Waals surface area contributed by atoms with Crippen LogP contribution >= 0.6 is 11.8 Å². The Labute approximate surface area is 182 Å². The summed E-state index contributed by atoms with van der Waals surface area (Å²) in [5.74, 6) is 0.165. The molecule has 2 aliphatic rings. The Morgan fingerprint density at radius 3 is 2.63 bits per heavy atom. The van der Waals surface area contributed by atoms with Crippen LogP contribution in [0.5, 0.6) is 0 Å². The molecule has 0 aromatic heterocycles. The lowest BCUT2D eigenvalue weighted by Gasteiger charge is -2.23. The van der Waals surface area contributed by atoms with Crippen LogP contribution < -0.4 is 0 Å². The van der Waals surface area contributed by atoms with Crippen molar-refractivity contribution in [3.8, 4) is 0 Å². The van der Waals surface area contributed by atoms with Crippen molar-refractivity contribution >= 4 is 23.4 Å². The Balaban J connectivity index is 1.49. The van der Waals surface area contributed by atoms with Crippen LogP contribution in [0.1, 0.15) is 57.8 Å². The van der Waals surface area contributed by atoms with Gasteiger partial charge in [-0.05, 0) is 49.7 Å². The fourth-order valence-electron chi connectivity index (χ4n) is 5.22. The van der Waals surface area contributed by atoms with E-state index in [4.69, 9.17) is 5.11 Å². The molecule has 0 aliphatic heterocycles. The molecule has 0 radical (unpaired) electrons. The highest BCUT2D eigenvalue weighted by atomic mass is 32.2. The second-order valence-electron chi connectivity index (χ2n) is 8.73. The predicted octanol–water partition coefficient (Wildman–Crippen LogP) is 4.17. The molecule has 0 saturated heterocycles. The maximum absolute atomic E-state index is 10.6. The van der Waals surface area contributed by atoms with Gasteiger partial charge < -0.3 is 20.5 Å². The molecule has 1 aromatic rings. The monoisotopic (exact) mass is 435 g/mol. The first-order chi connectivity index (χ1) is 14.5. The first kappa shape index (κ1) is 23.1. The molecule has 3 rings (SSSR count). The van der Waals surface area contributed by atoms with Crippen molar-refractivity contribution in [1.29, 1.82) is 0 Å². The van der Waals surface area contributed by atoms with Gasteiger partial charge in [0.05, 0.1) is 17.9 Å². The molecule has 2 fully saturated rings. The first-order valence-corrected chi connectivity index (χ1v) is 11.9. The van der Waals surface area contributed by atoms with E-state index in [2.05, 4.69) is 5.16 Å². The highest BCUT2D eigenvalue weighted by Crippen LogP contribution is 2.66. The van der Waals surface area contributed by atoms with Crippen molar-refractivity contribution in [3.63, 3.8) is 0 Å². The maximum atomic E-state index is 10.6. The molecule has 0 amide bonds. The Bertz CT molecular complexity index is 728. The molecular weight excluding hydrogens is 402 g/mol. The third kappa shape index (κ3) is 5.56. The molecule has 0 bridgehead atoms. The number of carboxylic acids is 1. The van der Waals surface area contributed by atoms with Crippen LogP contribution in [0.15, 0.2) is 40.4 Å². The van der Waals surface area contributed by atoms with Crippen molar-refractivity contribution in [2.75, 3.05) is 5.75 Å². The predicted molar refractivity (Wildman–Crippen MR) is 117 cm³/mol. The minimum atomic E-state index is -0.756. The molecule has 2 saturated carbocycles. The van der Waals surface area contributed by atoms with Crippen LogP contribution in [0, 0.1) is 17.3 Å². The molecule has 7 heteroatoms. The molecule has 2 aliphatic carbocycles. The third-order valence-corrected chi connectivity index (χ3v) is 7.89. The lowest BCUT2D eigenvalue weighted by Crippen LogP contribution is -2.25. The highest BCUT2D eigenvalue weighted by molar-refractivity contribution is 7.99. The minimum Gasteiger partial charge on any atom is -0.481 e. The number of aliphatic hydroxyl groups excluding tert-OH is 2. The molecule has 2 unspecified atom stereocenters. The van der Waals surface area contributed by atoms with Gasteiger partial charge in [0.2, 0.25) is 0 Å². The normalized spacial score (nSPS) is 30.1. The lowest BCUT2D eigenvalue weighted by atomic mass is 9.83. The molecule has 1 spiro atoms. The number of aliphatic carboxylic acids is 1. The zero-order chi connectivity index (χ0) is 21.6. The van der Waals surface area contributed by atoms with Crippen LogP contribution in [0.4, 0.5) is 0 Å². The van der Waals surface area contributed by atoms with E-state index in [-0.39, 0.29) is 23.7 Å². The van der Waals surface area contributed by atoms with Crippen LogP contribution in [-0.2, 0) is 4.79 Å². The van der Waals surface area contributed by atoms with Crippen molar-refractivity contribution in [1.82, 2.24) is 0 Å². The van der Waals surface area contributed by atoms with Crippen molar-refractivity contribution < 1.29 is 25.3 Å². The van der Waals surface area contributed by atoms with Crippen molar-refractivity contribution in [2.24, 2.45) is 22.4 Å². The molecule has 1 aromatic carbocycles. The number of aliphatic hydroxyl groups is 2.